The van der Waals surface area contributed by atoms with E-state index in [9.17, 15) is 4.79 Å². The number of carbonyl (C=O) groups is 1. The van der Waals surface area contributed by atoms with Gasteiger partial charge in [0.25, 0.3) is 5.91 Å². The second-order valence-electron chi connectivity index (χ2n) is 6.35. The highest BCUT2D eigenvalue weighted by molar-refractivity contribution is 6.32. The molecule has 23 heavy (non-hydrogen) atoms. The van der Waals surface area contributed by atoms with Crippen LogP contribution in [0.15, 0.2) is 18.2 Å². The summed E-state index contributed by atoms with van der Waals surface area (Å²) in [6, 6.07) is 5.25. The maximum absolute atomic E-state index is 12.9. The van der Waals surface area contributed by atoms with E-state index in [-0.39, 0.29) is 5.91 Å². The zero-order valence-corrected chi connectivity index (χ0v) is 14.9. The van der Waals surface area contributed by atoms with E-state index >= 15 is 0 Å². The molecule has 128 valence electrons. The molecule has 0 heterocycles. The van der Waals surface area contributed by atoms with Crippen molar-refractivity contribution in [2.24, 2.45) is 5.92 Å². The smallest absolute Gasteiger partial charge is 0.256 e. The zero-order chi connectivity index (χ0) is 16.9. The van der Waals surface area contributed by atoms with Crippen molar-refractivity contribution in [1.29, 1.82) is 0 Å². The normalized spacial score (nSPS) is 24.3. The molecule has 0 radical (unpaired) electrons. The fourth-order valence-electron chi connectivity index (χ4n) is 3.19. The lowest BCUT2D eigenvalue weighted by atomic mass is 9.78. The third kappa shape index (κ3) is 4.39. The molecule has 2 atom stereocenters. The number of nitrogens with one attached hydrogen (secondary N) is 1. The van der Waals surface area contributed by atoms with Gasteiger partial charge in [-0.1, -0.05) is 31.9 Å². The number of halogens is 1. The summed E-state index contributed by atoms with van der Waals surface area (Å²) < 4.78 is 11.2. The average Bonchev–Trinajstić information content (AvgIpc) is 2.53. The lowest BCUT2D eigenvalue weighted by molar-refractivity contribution is -0.148. The number of rotatable bonds is 6. The summed E-state index contributed by atoms with van der Waals surface area (Å²) in [5.41, 5.74) is -0.0569. The standard InChI is InChI=1S/C18H26ClNO3/c1-4-10-23-18(9-5-6-13(2)12-18)17(21)20-14-7-8-16(22-3)15(19)11-14/h7-8,11,13H,4-6,9-10,12H2,1-3H3,(H,20,21)/t13-,18+/m1/s1. The first-order valence-electron chi connectivity index (χ1n) is 8.29. The Balaban J connectivity index is 2.15. The van der Waals surface area contributed by atoms with Crippen LogP contribution in [-0.2, 0) is 9.53 Å². The minimum Gasteiger partial charge on any atom is -0.495 e. The summed E-state index contributed by atoms with van der Waals surface area (Å²) in [6.07, 6.45) is 4.61. The predicted octanol–water partition coefficient (Wildman–Crippen LogP) is 4.66. The lowest BCUT2D eigenvalue weighted by Gasteiger charge is -2.38. The molecule has 1 N–H and O–H groups in total. The van der Waals surface area contributed by atoms with Crippen molar-refractivity contribution in [2.45, 2.75) is 51.6 Å². The molecule has 0 spiro atoms. The van der Waals surface area contributed by atoms with Gasteiger partial charge >= 0.3 is 0 Å². The number of methoxy groups -OCH3 is 1. The number of hydrogen-bond donors (Lipinski definition) is 1. The Morgan fingerprint density at radius 1 is 1.48 bits per heavy atom. The summed E-state index contributed by atoms with van der Waals surface area (Å²) in [4.78, 5) is 12.9. The van der Waals surface area contributed by atoms with Crippen molar-refractivity contribution >= 4 is 23.2 Å². The topological polar surface area (TPSA) is 47.6 Å². The van der Waals surface area contributed by atoms with Crippen LogP contribution < -0.4 is 10.1 Å². The van der Waals surface area contributed by atoms with Crippen molar-refractivity contribution in [3.05, 3.63) is 23.2 Å². The molecule has 0 saturated heterocycles. The van der Waals surface area contributed by atoms with Crippen LogP contribution >= 0.6 is 11.6 Å². The molecule has 2 rings (SSSR count). The molecule has 1 aliphatic carbocycles. The number of ether oxygens (including phenoxy) is 2. The molecule has 4 nitrogen and oxygen atoms in total. The highest BCUT2D eigenvalue weighted by atomic mass is 35.5. The van der Waals surface area contributed by atoms with Crippen LogP contribution in [-0.4, -0.2) is 25.2 Å². The molecule has 0 bridgehead atoms. The quantitative estimate of drug-likeness (QED) is 0.819. The Hall–Kier alpha value is -1.26. The van der Waals surface area contributed by atoms with E-state index < -0.39 is 5.60 Å². The van der Waals surface area contributed by atoms with Gasteiger partial charge in [0.2, 0.25) is 0 Å². The average molecular weight is 340 g/mol. The summed E-state index contributed by atoms with van der Waals surface area (Å²) in [5.74, 6) is 1.01. The van der Waals surface area contributed by atoms with E-state index in [1.807, 2.05) is 0 Å². The van der Waals surface area contributed by atoms with E-state index in [2.05, 4.69) is 19.2 Å². The molecule has 1 saturated carbocycles. The summed E-state index contributed by atoms with van der Waals surface area (Å²) in [5, 5.41) is 3.45. The summed E-state index contributed by atoms with van der Waals surface area (Å²) in [6.45, 7) is 4.84. The highest BCUT2D eigenvalue weighted by Crippen LogP contribution is 2.37. The third-order valence-electron chi connectivity index (χ3n) is 4.36. The van der Waals surface area contributed by atoms with Crippen molar-refractivity contribution in [1.82, 2.24) is 0 Å². The molecule has 0 unspecified atom stereocenters. The second-order valence-corrected chi connectivity index (χ2v) is 6.75. The molecule has 1 aliphatic rings. The minimum absolute atomic E-state index is 0.0706. The van der Waals surface area contributed by atoms with Gasteiger partial charge in [-0.3, -0.25) is 4.79 Å². The van der Waals surface area contributed by atoms with Gasteiger partial charge in [-0.25, -0.2) is 0 Å². The molecule has 0 aliphatic heterocycles. The SMILES string of the molecule is CCCO[C@@]1(C(=O)Nc2ccc(OC)c(Cl)c2)CCC[C@@H](C)C1. The Kier molecular flexibility index (Phi) is 6.31. The van der Waals surface area contributed by atoms with Gasteiger partial charge in [-0.05, 0) is 49.8 Å². The Bertz CT molecular complexity index is 549. The molecular weight excluding hydrogens is 314 g/mol. The molecule has 1 aromatic rings. The van der Waals surface area contributed by atoms with Crippen molar-refractivity contribution in [2.75, 3.05) is 19.0 Å². The van der Waals surface area contributed by atoms with Crippen LogP contribution in [0.3, 0.4) is 0 Å². The molecule has 1 aromatic carbocycles. The number of amides is 1. The first kappa shape index (κ1) is 18.1. The van der Waals surface area contributed by atoms with Crippen molar-refractivity contribution in [3.8, 4) is 5.75 Å². The van der Waals surface area contributed by atoms with Crippen LogP contribution in [0.5, 0.6) is 5.75 Å². The number of anilines is 1. The Labute approximate surface area is 143 Å². The van der Waals surface area contributed by atoms with E-state index in [1.165, 1.54) is 0 Å². The van der Waals surface area contributed by atoms with Crippen LogP contribution in [0.4, 0.5) is 5.69 Å². The fourth-order valence-corrected chi connectivity index (χ4v) is 3.45. The maximum atomic E-state index is 12.9. The van der Waals surface area contributed by atoms with Crippen molar-refractivity contribution in [3.63, 3.8) is 0 Å². The number of carbonyl (C=O) groups excluding carboxylic acids is 1. The summed E-state index contributed by atoms with van der Waals surface area (Å²) in [7, 11) is 1.57. The van der Waals surface area contributed by atoms with Gasteiger partial charge in [0, 0.05) is 12.3 Å². The Morgan fingerprint density at radius 2 is 2.26 bits per heavy atom. The third-order valence-corrected chi connectivity index (χ3v) is 4.66. The fraction of sp³-hybridized carbons (Fsp3) is 0.611. The zero-order valence-electron chi connectivity index (χ0n) is 14.2. The van der Waals surface area contributed by atoms with Crippen molar-refractivity contribution < 1.29 is 14.3 Å². The van der Waals surface area contributed by atoms with Gasteiger partial charge in [-0.2, -0.15) is 0 Å². The number of hydrogen-bond acceptors (Lipinski definition) is 3. The molecule has 1 amide bonds. The summed E-state index contributed by atoms with van der Waals surface area (Å²) >= 11 is 6.13. The van der Waals surface area contributed by atoms with Gasteiger partial charge in [0.05, 0.1) is 12.1 Å². The molecule has 1 fully saturated rings. The van der Waals surface area contributed by atoms with Crippen LogP contribution in [0.2, 0.25) is 5.02 Å². The monoisotopic (exact) mass is 339 g/mol. The first-order chi connectivity index (χ1) is 11.0. The number of benzene rings is 1. The van der Waals surface area contributed by atoms with Gasteiger partial charge in [-0.15, -0.1) is 0 Å². The van der Waals surface area contributed by atoms with E-state index in [0.29, 0.717) is 29.0 Å². The van der Waals surface area contributed by atoms with Gasteiger partial charge in [0.1, 0.15) is 11.4 Å². The Morgan fingerprint density at radius 3 is 2.87 bits per heavy atom. The largest absolute Gasteiger partial charge is 0.495 e. The lowest BCUT2D eigenvalue weighted by Crippen LogP contribution is -2.48. The highest BCUT2D eigenvalue weighted by Gasteiger charge is 2.42. The second kappa shape index (κ2) is 8.02. The maximum Gasteiger partial charge on any atom is 0.256 e. The molecule has 5 heteroatoms. The van der Waals surface area contributed by atoms with Crippen LogP contribution in [0.1, 0.15) is 46.0 Å². The molecular formula is C18H26ClNO3. The molecule has 0 aromatic heterocycles. The predicted molar refractivity (Wildman–Crippen MR) is 93.2 cm³/mol. The van der Waals surface area contributed by atoms with Crippen LogP contribution in [0.25, 0.3) is 0 Å². The van der Waals surface area contributed by atoms with E-state index in [1.54, 1.807) is 25.3 Å². The first-order valence-corrected chi connectivity index (χ1v) is 8.67. The van der Waals surface area contributed by atoms with Gasteiger partial charge in [0.15, 0.2) is 0 Å². The van der Waals surface area contributed by atoms with Gasteiger partial charge < -0.3 is 14.8 Å². The van der Waals surface area contributed by atoms with E-state index in [0.717, 1.165) is 32.1 Å². The van der Waals surface area contributed by atoms with Crippen LogP contribution in [0, 0.1) is 5.92 Å². The minimum atomic E-state index is -0.722. The van der Waals surface area contributed by atoms with E-state index in [4.69, 9.17) is 21.1 Å².